The maximum atomic E-state index is 13.4. The molecule has 188 valence electrons. The van der Waals surface area contributed by atoms with Gasteiger partial charge in [-0.15, -0.1) is 0 Å². The first kappa shape index (κ1) is 24.5. The summed E-state index contributed by atoms with van der Waals surface area (Å²) < 4.78 is 41.3. The smallest absolute Gasteiger partial charge is 0.253 e. The first-order valence-corrected chi connectivity index (χ1v) is 13.9. The Labute approximate surface area is 211 Å². The molecular formula is C28H30FN3O3S. The van der Waals surface area contributed by atoms with E-state index < -0.39 is 15.8 Å². The van der Waals surface area contributed by atoms with E-state index in [0.29, 0.717) is 31.5 Å². The van der Waals surface area contributed by atoms with Crippen molar-refractivity contribution in [3.8, 4) is 0 Å². The number of carbonyl (C=O) groups excluding carboxylic acids is 1. The number of amides is 1. The Morgan fingerprint density at radius 2 is 1.58 bits per heavy atom. The third-order valence-electron chi connectivity index (χ3n) is 7.10. The number of hydrogen-bond acceptors (Lipinski definition) is 4. The number of nitrogens with one attached hydrogen (secondary N) is 2. The van der Waals surface area contributed by atoms with Crippen LogP contribution in [0.5, 0.6) is 0 Å². The summed E-state index contributed by atoms with van der Waals surface area (Å²) >= 11 is 0. The quantitative estimate of drug-likeness (QED) is 0.512. The van der Waals surface area contributed by atoms with Gasteiger partial charge in [0.2, 0.25) is 10.0 Å². The van der Waals surface area contributed by atoms with Gasteiger partial charge in [0, 0.05) is 24.8 Å². The Morgan fingerprint density at radius 3 is 2.36 bits per heavy atom. The molecule has 0 spiro atoms. The second-order valence-corrected chi connectivity index (χ2v) is 11.2. The fourth-order valence-corrected chi connectivity index (χ4v) is 6.53. The number of carbonyl (C=O) groups is 1. The molecule has 0 bridgehead atoms. The molecule has 3 aromatic rings. The summed E-state index contributed by atoms with van der Waals surface area (Å²) in [5.74, 6) is -0.566. The van der Waals surface area contributed by atoms with Crippen LogP contribution >= 0.6 is 0 Å². The molecule has 0 unspecified atom stereocenters. The highest BCUT2D eigenvalue weighted by Crippen LogP contribution is 2.31. The van der Waals surface area contributed by atoms with Crippen molar-refractivity contribution in [2.24, 2.45) is 0 Å². The maximum Gasteiger partial charge on any atom is 0.253 e. The lowest BCUT2D eigenvalue weighted by Gasteiger charge is -2.35. The summed E-state index contributed by atoms with van der Waals surface area (Å²) in [7, 11) is -3.72. The molecule has 3 aromatic carbocycles. The third kappa shape index (κ3) is 5.29. The van der Waals surface area contributed by atoms with Crippen LogP contribution < -0.4 is 14.9 Å². The lowest BCUT2D eigenvalue weighted by molar-refractivity contribution is 0.0933. The van der Waals surface area contributed by atoms with Gasteiger partial charge in [-0.05, 0) is 79.6 Å². The van der Waals surface area contributed by atoms with E-state index in [2.05, 4.69) is 27.1 Å². The molecule has 0 aromatic heterocycles. The van der Waals surface area contributed by atoms with Crippen molar-refractivity contribution in [3.63, 3.8) is 0 Å². The molecule has 1 amide bonds. The van der Waals surface area contributed by atoms with Crippen molar-refractivity contribution >= 4 is 21.6 Å². The molecule has 1 aliphatic heterocycles. The van der Waals surface area contributed by atoms with Crippen LogP contribution in [-0.4, -0.2) is 33.5 Å². The molecule has 0 saturated carbocycles. The van der Waals surface area contributed by atoms with Gasteiger partial charge in [0.15, 0.2) is 0 Å². The van der Waals surface area contributed by atoms with Crippen LogP contribution in [0.1, 0.15) is 53.2 Å². The summed E-state index contributed by atoms with van der Waals surface area (Å²) in [6, 6.07) is 20.5. The zero-order valence-corrected chi connectivity index (χ0v) is 20.8. The Bertz CT molecular complexity index is 1340. The van der Waals surface area contributed by atoms with Crippen molar-refractivity contribution in [1.82, 2.24) is 10.0 Å². The molecular weight excluding hydrogens is 477 g/mol. The van der Waals surface area contributed by atoms with E-state index >= 15 is 0 Å². The van der Waals surface area contributed by atoms with E-state index in [1.165, 1.54) is 23.3 Å². The molecule has 2 N–H and O–H groups in total. The second kappa shape index (κ2) is 10.4. The Kier molecular flexibility index (Phi) is 7.07. The Morgan fingerprint density at radius 1 is 0.889 bits per heavy atom. The Balaban J connectivity index is 1.25. The number of hydrogen-bond donors (Lipinski definition) is 2. The van der Waals surface area contributed by atoms with Gasteiger partial charge < -0.3 is 10.2 Å². The summed E-state index contributed by atoms with van der Waals surface area (Å²) in [4.78, 5) is 15.6. The molecule has 1 atom stereocenters. The van der Waals surface area contributed by atoms with Gasteiger partial charge >= 0.3 is 0 Å². The van der Waals surface area contributed by atoms with Crippen molar-refractivity contribution < 1.29 is 17.6 Å². The molecule has 6 nitrogen and oxygen atoms in total. The van der Waals surface area contributed by atoms with E-state index in [9.17, 15) is 17.6 Å². The summed E-state index contributed by atoms with van der Waals surface area (Å²) in [6.45, 7) is 1.24. The molecule has 5 rings (SSSR count). The summed E-state index contributed by atoms with van der Waals surface area (Å²) in [5.41, 5.74) is 3.99. The highest BCUT2D eigenvalue weighted by Gasteiger charge is 2.28. The van der Waals surface area contributed by atoms with Gasteiger partial charge in [0.25, 0.3) is 5.91 Å². The van der Waals surface area contributed by atoms with Crippen molar-refractivity contribution in [2.45, 2.75) is 49.1 Å². The number of aryl methyl sites for hydroxylation is 1. The van der Waals surface area contributed by atoms with E-state index in [1.807, 2.05) is 36.4 Å². The molecule has 1 saturated heterocycles. The summed E-state index contributed by atoms with van der Waals surface area (Å²) in [6.07, 6.45) is 4.22. The molecule has 36 heavy (non-hydrogen) atoms. The van der Waals surface area contributed by atoms with Gasteiger partial charge in [-0.1, -0.05) is 36.4 Å². The van der Waals surface area contributed by atoms with Crippen LogP contribution in [0, 0.1) is 5.82 Å². The molecule has 8 heteroatoms. The fraction of sp³-hybridized carbons (Fsp3) is 0.321. The van der Waals surface area contributed by atoms with Crippen molar-refractivity contribution in [2.75, 3.05) is 18.0 Å². The zero-order valence-electron chi connectivity index (χ0n) is 20.0. The SMILES string of the molecule is O=C(N[C@@H]1CCCc2ccccc21)c1ccccc1N1CCC(NS(=O)(=O)c2ccc(F)cc2)CC1. The van der Waals surface area contributed by atoms with Crippen LogP contribution in [-0.2, 0) is 16.4 Å². The average molecular weight is 508 g/mol. The van der Waals surface area contributed by atoms with E-state index in [4.69, 9.17) is 0 Å². The van der Waals surface area contributed by atoms with E-state index in [-0.39, 0.29) is 22.9 Å². The van der Waals surface area contributed by atoms with Gasteiger partial charge in [-0.2, -0.15) is 0 Å². The third-order valence-corrected chi connectivity index (χ3v) is 8.64. The lowest BCUT2D eigenvalue weighted by atomic mass is 9.87. The Hall–Kier alpha value is -3.23. The normalized spacial score (nSPS) is 18.5. The monoisotopic (exact) mass is 507 g/mol. The lowest BCUT2D eigenvalue weighted by Crippen LogP contribution is -2.45. The molecule has 1 fully saturated rings. The van der Waals surface area contributed by atoms with Crippen molar-refractivity contribution in [1.29, 1.82) is 0 Å². The van der Waals surface area contributed by atoms with Crippen LogP contribution in [0.15, 0.2) is 77.7 Å². The fourth-order valence-electron chi connectivity index (χ4n) is 5.22. The van der Waals surface area contributed by atoms with Gasteiger partial charge in [0.05, 0.1) is 16.5 Å². The van der Waals surface area contributed by atoms with Gasteiger partial charge in [-0.25, -0.2) is 17.5 Å². The highest BCUT2D eigenvalue weighted by atomic mass is 32.2. The highest BCUT2D eigenvalue weighted by molar-refractivity contribution is 7.89. The van der Waals surface area contributed by atoms with Crippen LogP contribution in [0.4, 0.5) is 10.1 Å². The first-order chi connectivity index (χ1) is 17.4. The van der Waals surface area contributed by atoms with Gasteiger partial charge in [0.1, 0.15) is 5.82 Å². The number of para-hydroxylation sites is 1. The number of anilines is 1. The molecule has 0 radical (unpaired) electrons. The predicted molar refractivity (Wildman–Crippen MR) is 138 cm³/mol. The average Bonchev–Trinajstić information content (AvgIpc) is 2.89. The minimum absolute atomic E-state index is 0.00195. The number of benzene rings is 3. The maximum absolute atomic E-state index is 13.4. The standard InChI is InChI=1S/C28H30FN3O3S/c29-21-12-14-23(15-13-21)36(34,35)31-22-16-18-32(19-17-22)27-11-4-3-9-25(27)28(33)30-26-10-5-7-20-6-1-2-8-24(20)26/h1-4,6,8-9,11-15,22,26,31H,5,7,10,16-19H2,(H,30,33)/t26-/m1/s1. The number of piperidine rings is 1. The zero-order chi connectivity index (χ0) is 25.1. The second-order valence-electron chi connectivity index (χ2n) is 9.47. The number of nitrogens with zero attached hydrogens (tertiary/aromatic N) is 1. The number of sulfonamides is 1. The number of fused-ring (bicyclic) bond motifs is 1. The minimum Gasteiger partial charge on any atom is -0.371 e. The van der Waals surface area contributed by atoms with E-state index in [0.717, 1.165) is 37.1 Å². The van der Waals surface area contributed by atoms with Crippen LogP contribution in [0.2, 0.25) is 0 Å². The molecule has 1 heterocycles. The molecule has 2 aliphatic rings. The first-order valence-electron chi connectivity index (χ1n) is 12.4. The topological polar surface area (TPSA) is 78.5 Å². The summed E-state index contributed by atoms with van der Waals surface area (Å²) in [5, 5.41) is 3.25. The van der Waals surface area contributed by atoms with E-state index in [1.54, 1.807) is 0 Å². The number of halogens is 1. The van der Waals surface area contributed by atoms with Crippen LogP contribution in [0.25, 0.3) is 0 Å². The largest absolute Gasteiger partial charge is 0.371 e. The number of rotatable bonds is 6. The van der Waals surface area contributed by atoms with Crippen molar-refractivity contribution in [3.05, 3.63) is 95.3 Å². The van der Waals surface area contributed by atoms with Crippen LogP contribution in [0.3, 0.4) is 0 Å². The minimum atomic E-state index is -3.72. The van der Waals surface area contributed by atoms with Gasteiger partial charge in [-0.3, -0.25) is 4.79 Å². The molecule has 1 aliphatic carbocycles. The predicted octanol–water partition coefficient (Wildman–Crippen LogP) is 4.58.